The van der Waals surface area contributed by atoms with Gasteiger partial charge in [0.05, 0.1) is 9.40 Å². The summed E-state index contributed by atoms with van der Waals surface area (Å²) in [6.45, 7) is 1.59. The molecule has 1 aromatic rings. The maximum absolute atomic E-state index is 11.5. The van der Waals surface area contributed by atoms with Gasteiger partial charge in [0.25, 0.3) is 5.69 Å². The molecule has 0 radical (unpaired) electrons. The minimum Gasteiger partial charge on any atom is -0.480 e. The molecule has 1 aliphatic carbocycles. The molecule has 0 aliphatic heterocycles. The van der Waals surface area contributed by atoms with E-state index in [-0.39, 0.29) is 5.69 Å². The Bertz CT molecular complexity index is 570. The maximum Gasteiger partial charge on any atom is 0.329 e. The molecule has 108 valence electrons. The Morgan fingerprint density at radius 1 is 1.55 bits per heavy atom. The molecule has 0 unspecified atom stereocenters. The zero-order valence-electron chi connectivity index (χ0n) is 10.9. The number of nitro groups is 1. The molecule has 0 saturated heterocycles. The summed E-state index contributed by atoms with van der Waals surface area (Å²) < 4.78 is 0.430. The fourth-order valence-corrected chi connectivity index (χ4v) is 2.84. The summed E-state index contributed by atoms with van der Waals surface area (Å²) in [5.41, 5.74) is -0.706. The molecule has 1 saturated carbocycles. The second-order valence-electron chi connectivity index (χ2n) is 4.91. The number of carbonyl (C=O) groups is 1. The Hall–Kier alpha value is -1.70. The van der Waals surface area contributed by atoms with Crippen molar-refractivity contribution in [2.75, 3.05) is 5.32 Å². The quantitative estimate of drug-likeness (QED) is 0.643. The zero-order valence-corrected chi connectivity index (χ0v) is 12.4. The molecule has 0 spiro atoms. The van der Waals surface area contributed by atoms with E-state index in [4.69, 9.17) is 0 Å². The van der Waals surface area contributed by atoms with Crippen molar-refractivity contribution in [3.05, 3.63) is 26.3 Å². The maximum atomic E-state index is 11.5. The van der Waals surface area contributed by atoms with Crippen LogP contribution in [0.4, 0.5) is 11.5 Å². The molecule has 1 fully saturated rings. The Morgan fingerprint density at radius 3 is 2.65 bits per heavy atom. The van der Waals surface area contributed by atoms with Crippen LogP contribution in [0.1, 0.15) is 31.2 Å². The summed E-state index contributed by atoms with van der Waals surface area (Å²) >= 11 is 3.26. The van der Waals surface area contributed by atoms with E-state index < -0.39 is 16.4 Å². The molecular formula is C12H14BrN3O4. The number of rotatable bonds is 4. The molecule has 0 atom stereocenters. The number of pyridine rings is 1. The normalized spacial score (nSPS) is 16.9. The lowest BCUT2D eigenvalue weighted by Gasteiger charge is -2.26. The van der Waals surface area contributed by atoms with Crippen LogP contribution in [0.15, 0.2) is 10.7 Å². The lowest BCUT2D eigenvalue weighted by Crippen LogP contribution is -2.44. The van der Waals surface area contributed by atoms with Gasteiger partial charge in [-0.2, -0.15) is 0 Å². The van der Waals surface area contributed by atoms with E-state index in [1.165, 1.54) is 0 Å². The SMILES string of the molecule is Cc1c([N+](=O)[O-])cnc(NC2(C(=O)O)CCCC2)c1Br. The molecule has 0 bridgehead atoms. The molecule has 1 aliphatic rings. The third-order valence-corrected chi connectivity index (χ3v) is 4.63. The average Bonchev–Trinajstić information content (AvgIpc) is 2.84. The smallest absolute Gasteiger partial charge is 0.329 e. The Labute approximate surface area is 123 Å². The Kier molecular flexibility index (Phi) is 3.94. The highest BCUT2D eigenvalue weighted by Gasteiger charge is 2.42. The first kappa shape index (κ1) is 14.7. The van der Waals surface area contributed by atoms with E-state index in [9.17, 15) is 20.0 Å². The van der Waals surface area contributed by atoms with Crippen molar-refractivity contribution in [3.63, 3.8) is 0 Å². The van der Waals surface area contributed by atoms with Gasteiger partial charge in [0.1, 0.15) is 17.6 Å². The van der Waals surface area contributed by atoms with Gasteiger partial charge in [-0.05, 0) is 35.7 Å². The van der Waals surface area contributed by atoms with Crippen LogP contribution in [0.5, 0.6) is 0 Å². The van der Waals surface area contributed by atoms with Crippen molar-refractivity contribution in [1.29, 1.82) is 0 Å². The number of nitrogens with one attached hydrogen (secondary N) is 1. The first-order valence-electron chi connectivity index (χ1n) is 6.18. The predicted octanol–water partition coefficient (Wildman–Crippen LogP) is 2.87. The lowest BCUT2D eigenvalue weighted by molar-refractivity contribution is -0.385. The van der Waals surface area contributed by atoms with E-state index in [0.717, 1.165) is 19.0 Å². The van der Waals surface area contributed by atoms with E-state index in [1.807, 2.05) is 0 Å². The van der Waals surface area contributed by atoms with Gasteiger partial charge in [0.2, 0.25) is 0 Å². The number of carboxylic acid groups (broad SMARTS) is 1. The average molecular weight is 344 g/mol. The van der Waals surface area contributed by atoms with Gasteiger partial charge in [0.15, 0.2) is 0 Å². The summed E-state index contributed by atoms with van der Waals surface area (Å²) in [6, 6.07) is 0. The molecule has 8 heteroatoms. The van der Waals surface area contributed by atoms with Gasteiger partial charge in [-0.1, -0.05) is 12.8 Å². The summed E-state index contributed by atoms with van der Waals surface area (Å²) in [6.07, 6.45) is 3.86. The molecule has 1 heterocycles. The van der Waals surface area contributed by atoms with E-state index in [0.29, 0.717) is 28.7 Å². The summed E-state index contributed by atoms with van der Waals surface area (Å²) in [4.78, 5) is 25.8. The first-order valence-corrected chi connectivity index (χ1v) is 6.98. The van der Waals surface area contributed by atoms with Crippen molar-refractivity contribution < 1.29 is 14.8 Å². The minimum atomic E-state index is -1.03. The van der Waals surface area contributed by atoms with Crippen molar-refractivity contribution in [3.8, 4) is 0 Å². The molecule has 7 nitrogen and oxygen atoms in total. The fourth-order valence-electron chi connectivity index (χ4n) is 2.44. The Balaban J connectivity index is 2.37. The number of hydrogen-bond acceptors (Lipinski definition) is 5. The second-order valence-corrected chi connectivity index (χ2v) is 5.70. The van der Waals surface area contributed by atoms with E-state index in [2.05, 4.69) is 26.2 Å². The minimum absolute atomic E-state index is 0.0989. The molecule has 2 rings (SSSR count). The number of aromatic nitrogens is 1. The van der Waals surface area contributed by atoms with Gasteiger partial charge in [-0.15, -0.1) is 0 Å². The number of anilines is 1. The van der Waals surface area contributed by atoms with Gasteiger partial charge in [-0.3, -0.25) is 10.1 Å². The topological polar surface area (TPSA) is 105 Å². The molecular weight excluding hydrogens is 330 g/mol. The number of carboxylic acids is 1. The number of hydrogen-bond donors (Lipinski definition) is 2. The van der Waals surface area contributed by atoms with Crippen molar-refractivity contribution >= 4 is 33.4 Å². The first-order chi connectivity index (χ1) is 9.37. The second kappa shape index (κ2) is 5.35. The van der Waals surface area contributed by atoms with Crippen LogP contribution in [0.2, 0.25) is 0 Å². The van der Waals surface area contributed by atoms with E-state index >= 15 is 0 Å². The van der Waals surface area contributed by atoms with Crippen LogP contribution in [0.3, 0.4) is 0 Å². The standard InChI is InChI=1S/C12H14BrN3O4/c1-7-8(16(19)20)6-14-10(9(7)13)15-12(11(17)18)4-2-3-5-12/h6H,2-5H2,1H3,(H,14,15)(H,17,18). The fraction of sp³-hybridized carbons (Fsp3) is 0.500. The van der Waals surface area contributed by atoms with Crippen LogP contribution in [-0.2, 0) is 4.79 Å². The zero-order chi connectivity index (χ0) is 14.9. The lowest BCUT2D eigenvalue weighted by atomic mass is 9.98. The van der Waals surface area contributed by atoms with Crippen LogP contribution in [-0.4, -0.2) is 26.5 Å². The van der Waals surface area contributed by atoms with Gasteiger partial charge in [0, 0.05) is 5.56 Å². The number of halogens is 1. The number of aliphatic carboxylic acids is 1. The highest BCUT2D eigenvalue weighted by atomic mass is 79.9. The molecule has 0 amide bonds. The van der Waals surface area contributed by atoms with E-state index in [1.54, 1.807) is 6.92 Å². The summed E-state index contributed by atoms with van der Waals surface area (Å²) in [5, 5.41) is 23.2. The monoisotopic (exact) mass is 343 g/mol. The predicted molar refractivity (Wildman–Crippen MR) is 75.8 cm³/mol. The highest BCUT2D eigenvalue weighted by Crippen LogP contribution is 2.37. The molecule has 0 aromatic carbocycles. The van der Waals surface area contributed by atoms with Crippen molar-refractivity contribution in [2.24, 2.45) is 0 Å². The van der Waals surface area contributed by atoms with Gasteiger partial charge in [-0.25, -0.2) is 9.78 Å². The van der Waals surface area contributed by atoms with Crippen molar-refractivity contribution in [1.82, 2.24) is 4.98 Å². The number of nitrogens with zero attached hydrogens (tertiary/aromatic N) is 2. The Morgan fingerprint density at radius 2 is 2.15 bits per heavy atom. The van der Waals surface area contributed by atoms with Crippen molar-refractivity contribution in [2.45, 2.75) is 38.1 Å². The summed E-state index contributed by atoms with van der Waals surface area (Å²) in [7, 11) is 0. The molecule has 2 N–H and O–H groups in total. The largest absolute Gasteiger partial charge is 0.480 e. The third-order valence-electron chi connectivity index (χ3n) is 3.66. The summed E-state index contributed by atoms with van der Waals surface area (Å²) in [5.74, 6) is -0.586. The van der Waals surface area contributed by atoms with Crippen LogP contribution in [0.25, 0.3) is 0 Å². The van der Waals surface area contributed by atoms with Gasteiger partial charge >= 0.3 is 5.97 Å². The van der Waals surface area contributed by atoms with Crippen LogP contribution in [0, 0.1) is 17.0 Å². The van der Waals surface area contributed by atoms with Crippen LogP contribution < -0.4 is 5.32 Å². The molecule has 20 heavy (non-hydrogen) atoms. The molecule has 1 aromatic heterocycles. The van der Waals surface area contributed by atoms with Gasteiger partial charge < -0.3 is 10.4 Å². The third kappa shape index (κ3) is 2.47. The highest BCUT2D eigenvalue weighted by molar-refractivity contribution is 9.10. The van der Waals surface area contributed by atoms with Crippen LogP contribution >= 0.6 is 15.9 Å².